The molecule has 140 valence electrons. The summed E-state index contributed by atoms with van der Waals surface area (Å²) in [4.78, 5) is 22.9. The van der Waals surface area contributed by atoms with Crippen LogP contribution in [-0.2, 0) is 17.9 Å². The molecular formula is C18H18ClN5O3. The molecule has 0 spiro atoms. The minimum absolute atomic E-state index is 0.0597. The average Bonchev–Trinajstić information content (AvgIpc) is 3.20. The minimum Gasteiger partial charge on any atom is -0.481 e. The third kappa shape index (κ3) is 4.95. The van der Waals surface area contributed by atoms with E-state index in [0.29, 0.717) is 22.9 Å². The van der Waals surface area contributed by atoms with Gasteiger partial charge in [-0.15, -0.1) is 0 Å². The third-order valence-corrected chi connectivity index (χ3v) is 4.13. The quantitative estimate of drug-likeness (QED) is 0.649. The van der Waals surface area contributed by atoms with Crippen LogP contribution in [0, 0.1) is 6.92 Å². The van der Waals surface area contributed by atoms with Gasteiger partial charge in [0.05, 0.1) is 31.3 Å². The molecule has 3 aromatic rings. The Morgan fingerprint density at radius 3 is 2.85 bits per heavy atom. The van der Waals surface area contributed by atoms with E-state index in [1.54, 1.807) is 10.7 Å². The molecule has 27 heavy (non-hydrogen) atoms. The van der Waals surface area contributed by atoms with Crippen molar-refractivity contribution >= 4 is 29.3 Å². The van der Waals surface area contributed by atoms with Gasteiger partial charge in [0, 0.05) is 23.0 Å². The van der Waals surface area contributed by atoms with E-state index in [9.17, 15) is 9.59 Å². The van der Waals surface area contributed by atoms with E-state index in [-0.39, 0.29) is 18.9 Å². The Kier molecular flexibility index (Phi) is 5.56. The number of nitrogens with one attached hydrogen (secondary N) is 1. The highest BCUT2D eigenvalue weighted by atomic mass is 35.5. The molecule has 0 unspecified atom stereocenters. The summed E-state index contributed by atoms with van der Waals surface area (Å²) in [6.07, 6.45) is 2.84. The van der Waals surface area contributed by atoms with E-state index in [1.807, 2.05) is 31.2 Å². The maximum atomic E-state index is 12.3. The van der Waals surface area contributed by atoms with Crippen molar-refractivity contribution < 1.29 is 14.7 Å². The average molecular weight is 388 g/mol. The molecule has 0 saturated heterocycles. The van der Waals surface area contributed by atoms with Crippen molar-refractivity contribution in [3.8, 4) is 0 Å². The summed E-state index contributed by atoms with van der Waals surface area (Å²) < 4.78 is 3.20. The molecule has 0 aliphatic rings. The van der Waals surface area contributed by atoms with Crippen LogP contribution in [0.1, 0.15) is 28.0 Å². The molecule has 0 bridgehead atoms. The van der Waals surface area contributed by atoms with Gasteiger partial charge in [-0.3, -0.25) is 19.0 Å². The van der Waals surface area contributed by atoms with Crippen LogP contribution in [0.25, 0.3) is 0 Å². The Morgan fingerprint density at radius 2 is 2.11 bits per heavy atom. The lowest BCUT2D eigenvalue weighted by Crippen LogP contribution is -2.12. The lowest BCUT2D eigenvalue weighted by atomic mass is 10.2. The first-order valence-electron chi connectivity index (χ1n) is 8.25. The zero-order valence-electron chi connectivity index (χ0n) is 14.6. The van der Waals surface area contributed by atoms with Gasteiger partial charge in [0.1, 0.15) is 0 Å². The highest BCUT2D eigenvalue weighted by molar-refractivity contribution is 6.30. The molecule has 1 amide bonds. The van der Waals surface area contributed by atoms with Gasteiger partial charge in [-0.1, -0.05) is 23.7 Å². The summed E-state index contributed by atoms with van der Waals surface area (Å²) in [6, 6.07) is 9.28. The van der Waals surface area contributed by atoms with Crippen LogP contribution in [-0.4, -0.2) is 36.5 Å². The second-order valence-electron chi connectivity index (χ2n) is 6.05. The van der Waals surface area contributed by atoms with Crippen molar-refractivity contribution in [1.82, 2.24) is 19.6 Å². The Labute approximate surface area is 160 Å². The highest BCUT2D eigenvalue weighted by Gasteiger charge is 2.13. The number of hydrogen-bond acceptors (Lipinski definition) is 4. The smallest absolute Gasteiger partial charge is 0.305 e. The maximum absolute atomic E-state index is 12.3. The summed E-state index contributed by atoms with van der Waals surface area (Å²) >= 11 is 6.01. The normalized spacial score (nSPS) is 10.7. The lowest BCUT2D eigenvalue weighted by molar-refractivity contribution is -0.137. The molecule has 0 fully saturated rings. The van der Waals surface area contributed by atoms with Crippen molar-refractivity contribution in [1.29, 1.82) is 0 Å². The standard InChI is InChI=1S/C18H18ClN5O3/c1-12-7-16(22-24(12)10-13-3-2-4-15(19)8-13)21-18(27)14-9-20-23(11-14)6-5-17(25)26/h2-4,7-9,11H,5-6,10H2,1H3,(H,25,26)(H,21,22,27). The Bertz CT molecular complexity index is 979. The molecule has 0 aliphatic carbocycles. The first-order valence-corrected chi connectivity index (χ1v) is 8.63. The van der Waals surface area contributed by atoms with Crippen molar-refractivity contribution in [2.24, 2.45) is 0 Å². The molecule has 1 aromatic carbocycles. The number of halogens is 1. The Morgan fingerprint density at radius 1 is 1.30 bits per heavy atom. The number of nitrogens with zero attached hydrogens (tertiary/aromatic N) is 4. The fourth-order valence-electron chi connectivity index (χ4n) is 2.54. The maximum Gasteiger partial charge on any atom is 0.305 e. The number of carbonyl (C=O) groups is 2. The number of rotatable bonds is 7. The molecule has 2 aromatic heterocycles. The van der Waals surface area contributed by atoms with Gasteiger partial charge in [0.25, 0.3) is 5.91 Å². The van der Waals surface area contributed by atoms with Gasteiger partial charge in [0.15, 0.2) is 5.82 Å². The topological polar surface area (TPSA) is 102 Å². The van der Waals surface area contributed by atoms with E-state index in [0.717, 1.165) is 11.3 Å². The summed E-state index contributed by atoms with van der Waals surface area (Å²) in [6.45, 7) is 2.64. The zero-order valence-corrected chi connectivity index (χ0v) is 15.3. The summed E-state index contributed by atoms with van der Waals surface area (Å²) in [5.41, 5.74) is 2.23. The van der Waals surface area contributed by atoms with Crippen LogP contribution in [0.5, 0.6) is 0 Å². The van der Waals surface area contributed by atoms with Crippen LogP contribution in [0.4, 0.5) is 5.82 Å². The predicted octanol–water partition coefficient (Wildman–Crippen LogP) is 2.82. The SMILES string of the molecule is Cc1cc(NC(=O)c2cnn(CCC(=O)O)c2)nn1Cc1cccc(Cl)c1. The molecule has 0 radical (unpaired) electrons. The molecule has 2 heterocycles. The molecular weight excluding hydrogens is 370 g/mol. The van der Waals surface area contributed by atoms with E-state index in [4.69, 9.17) is 16.7 Å². The third-order valence-electron chi connectivity index (χ3n) is 3.89. The summed E-state index contributed by atoms with van der Waals surface area (Å²) in [5.74, 6) is -0.848. The van der Waals surface area contributed by atoms with Crippen LogP contribution in [0.3, 0.4) is 0 Å². The van der Waals surface area contributed by atoms with Gasteiger partial charge >= 0.3 is 5.97 Å². The van der Waals surface area contributed by atoms with Gasteiger partial charge in [-0.25, -0.2) is 0 Å². The van der Waals surface area contributed by atoms with Crippen LogP contribution in [0.15, 0.2) is 42.7 Å². The first kappa shape index (κ1) is 18.7. The second kappa shape index (κ2) is 8.05. The van der Waals surface area contributed by atoms with E-state index in [1.165, 1.54) is 17.1 Å². The van der Waals surface area contributed by atoms with E-state index >= 15 is 0 Å². The van der Waals surface area contributed by atoms with E-state index in [2.05, 4.69) is 15.5 Å². The van der Waals surface area contributed by atoms with Gasteiger partial charge < -0.3 is 10.4 Å². The molecule has 3 rings (SSSR count). The number of carboxylic acid groups (broad SMARTS) is 1. The van der Waals surface area contributed by atoms with Crippen molar-refractivity contribution in [2.45, 2.75) is 26.4 Å². The molecule has 8 nitrogen and oxygen atoms in total. The first-order chi connectivity index (χ1) is 12.9. The Hall–Kier alpha value is -3.13. The molecule has 0 aliphatic heterocycles. The highest BCUT2D eigenvalue weighted by Crippen LogP contribution is 2.15. The number of aryl methyl sites for hydroxylation is 2. The number of carboxylic acids is 1. The zero-order chi connectivity index (χ0) is 19.4. The molecule has 0 atom stereocenters. The molecule has 9 heteroatoms. The molecule has 0 saturated carbocycles. The number of carbonyl (C=O) groups excluding carboxylic acids is 1. The van der Waals surface area contributed by atoms with Crippen LogP contribution < -0.4 is 5.32 Å². The van der Waals surface area contributed by atoms with Crippen molar-refractivity contribution in [3.63, 3.8) is 0 Å². The number of hydrogen-bond donors (Lipinski definition) is 2. The fraction of sp³-hybridized carbons (Fsp3) is 0.222. The number of aliphatic carboxylic acids is 1. The minimum atomic E-state index is -0.919. The van der Waals surface area contributed by atoms with E-state index < -0.39 is 5.97 Å². The van der Waals surface area contributed by atoms with Crippen LogP contribution >= 0.6 is 11.6 Å². The lowest BCUT2D eigenvalue weighted by Gasteiger charge is -2.05. The predicted molar refractivity (Wildman–Crippen MR) is 100.0 cm³/mol. The second-order valence-corrected chi connectivity index (χ2v) is 6.48. The monoisotopic (exact) mass is 387 g/mol. The van der Waals surface area contributed by atoms with Gasteiger partial charge in [-0.05, 0) is 24.6 Å². The summed E-state index contributed by atoms with van der Waals surface area (Å²) in [7, 11) is 0. The number of benzene rings is 1. The summed E-state index contributed by atoms with van der Waals surface area (Å²) in [5, 5.41) is 20.5. The molecule has 2 N–H and O–H groups in total. The number of aromatic nitrogens is 4. The van der Waals surface area contributed by atoms with Crippen molar-refractivity contribution in [2.75, 3.05) is 5.32 Å². The fourth-order valence-corrected chi connectivity index (χ4v) is 2.75. The van der Waals surface area contributed by atoms with Gasteiger partial charge in [-0.2, -0.15) is 10.2 Å². The van der Waals surface area contributed by atoms with Crippen LogP contribution in [0.2, 0.25) is 5.02 Å². The van der Waals surface area contributed by atoms with Crippen molar-refractivity contribution in [3.05, 3.63) is 64.6 Å². The largest absolute Gasteiger partial charge is 0.481 e. The number of amides is 1. The van der Waals surface area contributed by atoms with Gasteiger partial charge in [0.2, 0.25) is 0 Å². The Balaban J connectivity index is 1.65. The number of anilines is 1.